The Labute approximate surface area is 197 Å². The molecular weight excluding hydrogens is 428 g/mol. The van der Waals surface area contributed by atoms with Crippen LogP contribution in [0.3, 0.4) is 0 Å². The number of hydrogen-bond donors (Lipinski definition) is 2. The largest absolute Gasteiger partial charge is 0.497 e. The summed E-state index contributed by atoms with van der Waals surface area (Å²) >= 11 is 0. The molecule has 0 atom stereocenters. The normalized spacial score (nSPS) is 13.2. The Hall–Kier alpha value is -4.70. The molecule has 2 amide bonds. The standard InChI is InChI=1S/C27H22N4O3/c1-34-20-13-11-18(12-14-20)15-16-29-27(33)23(17-28)24-21-9-5-6-10-22(21)25(30-24)31-26(32)19-7-3-2-4-8-19/h2-14H,15-16H2,1H3,(H,29,33)(H,30,31,32)/b24-23-. The zero-order valence-electron chi connectivity index (χ0n) is 18.5. The Balaban J connectivity index is 1.53. The number of aliphatic imine (C=N–C) groups is 1. The monoisotopic (exact) mass is 450 g/mol. The van der Waals surface area contributed by atoms with Crippen LogP contribution < -0.4 is 15.4 Å². The molecule has 3 aromatic rings. The quantitative estimate of drug-likeness (QED) is 0.443. The minimum absolute atomic E-state index is 0.105. The van der Waals surface area contributed by atoms with Crippen molar-refractivity contribution in [3.05, 3.63) is 107 Å². The van der Waals surface area contributed by atoms with Gasteiger partial charge in [-0.1, -0.05) is 54.6 Å². The minimum Gasteiger partial charge on any atom is -0.497 e. The van der Waals surface area contributed by atoms with Crippen molar-refractivity contribution in [1.29, 1.82) is 5.26 Å². The average molecular weight is 450 g/mol. The lowest BCUT2D eigenvalue weighted by atomic mass is 10.0. The van der Waals surface area contributed by atoms with Crippen molar-refractivity contribution in [1.82, 2.24) is 10.6 Å². The van der Waals surface area contributed by atoms with Gasteiger partial charge in [0.15, 0.2) is 0 Å². The fourth-order valence-electron chi connectivity index (χ4n) is 3.60. The van der Waals surface area contributed by atoms with Gasteiger partial charge in [0.2, 0.25) is 0 Å². The smallest absolute Gasteiger partial charge is 0.264 e. The molecule has 0 saturated carbocycles. The molecule has 2 N–H and O–H groups in total. The number of fused-ring (bicyclic) bond motifs is 1. The van der Waals surface area contributed by atoms with Crippen molar-refractivity contribution in [3.63, 3.8) is 0 Å². The van der Waals surface area contributed by atoms with Crippen LogP contribution in [0.1, 0.15) is 27.0 Å². The van der Waals surface area contributed by atoms with E-state index in [0.717, 1.165) is 11.3 Å². The van der Waals surface area contributed by atoms with Gasteiger partial charge in [-0.25, -0.2) is 4.99 Å². The molecule has 1 aliphatic heterocycles. The molecule has 0 spiro atoms. The molecule has 0 aromatic heterocycles. The molecular formula is C27H22N4O3. The van der Waals surface area contributed by atoms with Gasteiger partial charge in [0.25, 0.3) is 11.8 Å². The van der Waals surface area contributed by atoms with Crippen molar-refractivity contribution in [2.45, 2.75) is 6.42 Å². The lowest BCUT2D eigenvalue weighted by Crippen LogP contribution is -2.30. The number of carbonyl (C=O) groups excluding carboxylic acids is 2. The number of methoxy groups -OCH3 is 1. The molecule has 0 aliphatic carbocycles. The fourth-order valence-corrected chi connectivity index (χ4v) is 3.60. The SMILES string of the molecule is COc1ccc(CCNC(=O)/C(C#N)=C2\N=C(NC(=O)c3ccccc3)c3ccccc32)cc1. The van der Waals surface area contributed by atoms with Crippen LogP contribution in [0.15, 0.2) is 89.4 Å². The molecule has 1 aliphatic rings. The van der Waals surface area contributed by atoms with E-state index in [1.807, 2.05) is 42.5 Å². The van der Waals surface area contributed by atoms with E-state index in [4.69, 9.17) is 4.74 Å². The number of carbonyl (C=O) groups is 2. The number of benzene rings is 3. The Morgan fingerprint density at radius 1 is 0.941 bits per heavy atom. The van der Waals surface area contributed by atoms with Crippen LogP contribution in [0.4, 0.5) is 0 Å². The summed E-state index contributed by atoms with van der Waals surface area (Å²) in [5, 5.41) is 15.4. The molecule has 0 radical (unpaired) electrons. The van der Waals surface area contributed by atoms with E-state index in [1.54, 1.807) is 49.6 Å². The molecule has 168 valence electrons. The van der Waals surface area contributed by atoms with Crippen LogP contribution in [0.25, 0.3) is 5.70 Å². The second-order valence-electron chi connectivity index (χ2n) is 7.52. The molecule has 7 heteroatoms. The first kappa shape index (κ1) is 22.5. The number of hydrogen-bond acceptors (Lipinski definition) is 5. The maximum Gasteiger partial charge on any atom is 0.264 e. The summed E-state index contributed by atoms with van der Waals surface area (Å²) < 4.78 is 5.15. The number of rotatable bonds is 6. The van der Waals surface area contributed by atoms with E-state index < -0.39 is 5.91 Å². The third-order valence-electron chi connectivity index (χ3n) is 5.36. The van der Waals surface area contributed by atoms with E-state index in [-0.39, 0.29) is 17.2 Å². The van der Waals surface area contributed by atoms with Gasteiger partial charge < -0.3 is 15.4 Å². The zero-order chi connectivity index (χ0) is 23.9. The van der Waals surface area contributed by atoms with Crippen molar-refractivity contribution < 1.29 is 14.3 Å². The van der Waals surface area contributed by atoms with Crippen molar-refractivity contribution in [3.8, 4) is 11.8 Å². The summed E-state index contributed by atoms with van der Waals surface area (Å²) in [5.74, 6) is 0.230. The molecule has 4 rings (SSSR count). The highest BCUT2D eigenvalue weighted by Gasteiger charge is 2.27. The highest BCUT2D eigenvalue weighted by Crippen LogP contribution is 2.30. The van der Waals surface area contributed by atoms with Crippen LogP contribution >= 0.6 is 0 Å². The Kier molecular flexibility index (Phi) is 6.80. The van der Waals surface area contributed by atoms with Crippen LogP contribution in [0.2, 0.25) is 0 Å². The van der Waals surface area contributed by atoms with Crippen LogP contribution in [0, 0.1) is 11.3 Å². The number of amidine groups is 1. The van der Waals surface area contributed by atoms with Gasteiger partial charge >= 0.3 is 0 Å². The molecule has 7 nitrogen and oxygen atoms in total. The number of ether oxygens (including phenoxy) is 1. The summed E-state index contributed by atoms with van der Waals surface area (Å²) in [7, 11) is 1.61. The van der Waals surface area contributed by atoms with Gasteiger partial charge in [0.05, 0.1) is 12.8 Å². The molecule has 34 heavy (non-hydrogen) atoms. The third kappa shape index (κ3) is 4.87. The molecule has 3 aromatic carbocycles. The predicted octanol–water partition coefficient (Wildman–Crippen LogP) is 3.48. The lowest BCUT2D eigenvalue weighted by Gasteiger charge is -2.07. The molecule has 0 saturated heterocycles. The molecule has 0 unspecified atom stereocenters. The summed E-state index contributed by atoms with van der Waals surface area (Å²) in [6.07, 6.45) is 0.599. The number of nitrogens with zero attached hydrogens (tertiary/aromatic N) is 2. The zero-order valence-corrected chi connectivity index (χ0v) is 18.5. The van der Waals surface area contributed by atoms with Gasteiger partial charge in [-0.2, -0.15) is 5.26 Å². The van der Waals surface area contributed by atoms with Gasteiger partial charge in [-0.15, -0.1) is 0 Å². The molecule has 1 heterocycles. The minimum atomic E-state index is -0.514. The van der Waals surface area contributed by atoms with Gasteiger partial charge in [-0.05, 0) is 36.2 Å². The Morgan fingerprint density at radius 2 is 1.62 bits per heavy atom. The second kappa shape index (κ2) is 10.3. The van der Waals surface area contributed by atoms with Crippen LogP contribution in [-0.4, -0.2) is 31.3 Å². The molecule has 0 bridgehead atoms. The molecule has 0 fully saturated rings. The summed E-state index contributed by atoms with van der Waals surface area (Å²) in [4.78, 5) is 30.0. The van der Waals surface area contributed by atoms with E-state index in [0.29, 0.717) is 35.5 Å². The summed E-state index contributed by atoms with van der Waals surface area (Å²) in [5.41, 5.74) is 2.92. The topological polar surface area (TPSA) is 104 Å². The van der Waals surface area contributed by atoms with Crippen LogP contribution in [-0.2, 0) is 11.2 Å². The number of amides is 2. The maximum absolute atomic E-state index is 12.8. The third-order valence-corrected chi connectivity index (χ3v) is 5.36. The van der Waals surface area contributed by atoms with Gasteiger partial charge in [0, 0.05) is 23.2 Å². The van der Waals surface area contributed by atoms with E-state index in [2.05, 4.69) is 15.6 Å². The van der Waals surface area contributed by atoms with E-state index in [9.17, 15) is 14.9 Å². The first-order chi connectivity index (χ1) is 16.6. The fraction of sp³-hybridized carbons (Fsp3) is 0.111. The Morgan fingerprint density at radius 3 is 2.29 bits per heavy atom. The summed E-state index contributed by atoms with van der Waals surface area (Å²) in [6.45, 7) is 0.354. The highest BCUT2D eigenvalue weighted by molar-refractivity contribution is 6.20. The van der Waals surface area contributed by atoms with Gasteiger partial charge in [0.1, 0.15) is 23.2 Å². The van der Waals surface area contributed by atoms with E-state index in [1.165, 1.54) is 0 Å². The van der Waals surface area contributed by atoms with Crippen molar-refractivity contribution in [2.24, 2.45) is 4.99 Å². The first-order valence-electron chi connectivity index (χ1n) is 10.7. The van der Waals surface area contributed by atoms with Gasteiger partial charge in [-0.3, -0.25) is 9.59 Å². The second-order valence-corrected chi connectivity index (χ2v) is 7.52. The van der Waals surface area contributed by atoms with Crippen LogP contribution in [0.5, 0.6) is 5.75 Å². The maximum atomic E-state index is 12.8. The first-order valence-corrected chi connectivity index (χ1v) is 10.7. The van der Waals surface area contributed by atoms with Crippen molar-refractivity contribution in [2.75, 3.05) is 13.7 Å². The highest BCUT2D eigenvalue weighted by atomic mass is 16.5. The number of nitrogens with one attached hydrogen (secondary N) is 2. The van der Waals surface area contributed by atoms with Crippen molar-refractivity contribution >= 4 is 23.3 Å². The summed E-state index contributed by atoms with van der Waals surface area (Å²) in [6, 6.07) is 25.5. The lowest BCUT2D eigenvalue weighted by molar-refractivity contribution is -0.117. The van der Waals surface area contributed by atoms with E-state index >= 15 is 0 Å². The average Bonchev–Trinajstić information content (AvgIpc) is 3.23. The number of nitriles is 1. The predicted molar refractivity (Wildman–Crippen MR) is 129 cm³/mol. The Bertz CT molecular complexity index is 1320.